The van der Waals surface area contributed by atoms with Gasteiger partial charge in [-0.2, -0.15) is 0 Å². The molecule has 2 aromatic carbocycles. The molecule has 0 fully saturated rings. The largest absolute Gasteiger partial charge is 0.493 e. The number of halogens is 2. The maximum Gasteiger partial charge on any atom is 0.127 e. The molecule has 1 aliphatic heterocycles. The van der Waals surface area contributed by atoms with Gasteiger partial charge < -0.3 is 4.74 Å². The van der Waals surface area contributed by atoms with Crippen LogP contribution in [-0.4, -0.2) is 6.61 Å². The molecule has 110 valence electrons. The summed E-state index contributed by atoms with van der Waals surface area (Å²) in [5.41, 5.74) is 6.27. The highest BCUT2D eigenvalue weighted by molar-refractivity contribution is 6.42. The lowest BCUT2D eigenvalue weighted by Gasteiger charge is -2.19. The van der Waals surface area contributed by atoms with Gasteiger partial charge in [-0.25, -0.2) is 0 Å². The summed E-state index contributed by atoms with van der Waals surface area (Å²) in [5.74, 6) is 6.71. The number of hydrazine groups is 1. The number of nitrogens with two attached hydrogens (primary N) is 1. The van der Waals surface area contributed by atoms with Gasteiger partial charge in [-0.15, -0.1) is 0 Å². The van der Waals surface area contributed by atoms with Crippen LogP contribution in [0.2, 0.25) is 10.0 Å². The molecule has 0 saturated carbocycles. The lowest BCUT2D eigenvalue weighted by atomic mass is 9.96. The van der Waals surface area contributed by atoms with Crippen molar-refractivity contribution in [3.8, 4) is 5.75 Å². The number of nitrogens with one attached hydrogen (secondary N) is 1. The monoisotopic (exact) mass is 322 g/mol. The summed E-state index contributed by atoms with van der Waals surface area (Å²) in [4.78, 5) is 0. The third-order valence-corrected chi connectivity index (χ3v) is 4.48. The first-order valence-corrected chi connectivity index (χ1v) is 7.59. The van der Waals surface area contributed by atoms with Crippen LogP contribution in [-0.2, 0) is 12.8 Å². The Hall–Kier alpha value is -1.26. The van der Waals surface area contributed by atoms with Gasteiger partial charge >= 0.3 is 0 Å². The van der Waals surface area contributed by atoms with Crippen LogP contribution in [0.5, 0.6) is 5.75 Å². The fraction of sp³-hybridized carbons (Fsp3) is 0.250. The number of para-hydroxylation sites is 1. The Kier molecular flexibility index (Phi) is 4.36. The molecule has 0 saturated heterocycles. The zero-order valence-electron chi connectivity index (χ0n) is 11.4. The van der Waals surface area contributed by atoms with Crippen LogP contribution < -0.4 is 16.0 Å². The molecule has 21 heavy (non-hydrogen) atoms. The van der Waals surface area contributed by atoms with E-state index in [1.54, 1.807) is 6.07 Å². The van der Waals surface area contributed by atoms with Crippen LogP contribution in [0, 0.1) is 0 Å². The highest BCUT2D eigenvalue weighted by Crippen LogP contribution is 2.35. The molecule has 0 radical (unpaired) electrons. The highest BCUT2D eigenvalue weighted by atomic mass is 35.5. The number of rotatable bonds is 4. The molecule has 0 bridgehead atoms. The van der Waals surface area contributed by atoms with Crippen molar-refractivity contribution in [1.82, 2.24) is 5.43 Å². The fourth-order valence-corrected chi connectivity index (χ4v) is 3.00. The predicted molar refractivity (Wildman–Crippen MR) is 85.9 cm³/mol. The second kappa shape index (κ2) is 6.24. The predicted octanol–water partition coefficient (Wildman–Crippen LogP) is 3.68. The van der Waals surface area contributed by atoms with Crippen molar-refractivity contribution in [2.75, 3.05) is 6.61 Å². The van der Waals surface area contributed by atoms with E-state index in [1.165, 1.54) is 5.56 Å². The second-order valence-electron chi connectivity index (χ2n) is 5.11. The van der Waals surface area contributed by atoms with Crippen LogP contribution in [0.1, 0.15) is 22.7 Å². The van der Waals surface area contributed by atoms with Gasteiger partial charge in [0.2, 0.25) is 0 Å². The molecule has 2 aromatic rings. The summed E-state index contributed by atoms with van der Waals surface area (Å²) in [6.07, 6.45) is 1.67. The van der Waals surface area contributed by atoms with Gasteiger partial charge in [0.25, 0.3) is 0 Å². The van der Waals surface area contributed by atoms with E-state index in [0.717, 1.165) is 29.9 Å². The Morgan fingerprint density at radius 1 is 1.19 bits per heavy atom. The van der Waals surface area contributed by atoms with E-state index in [0.29, 0.717) is 16.5 Å². The summed E-state index contributed by atoms with van der Waals surface area (Å²) < 4.78 is 5.75. The molecule has 1 aliphatic rings. The Bertz CT molecular complexity index is 661. The third kappa shape index (κ3) is 3.01. The first-order valence-electron chi connectivity index (χ1n) is 6.83. The fourth-order valence-electron chi connectivity index (χ4n) is 2.68. The van der Waals surface area contributed by atoms with Gasteiger partial charge in [0, 0.05) is 12.0 Å². The molecule has 0 aromatic heterocycles. The Morgan fingerprint density at radius 3 is 2.81 bits per heavy atom. The second-order valence-corrected chi connectivity index (χ2v) is 5.92. The zero-order valence-corrected chi connectivity index (χ0v) is 12.9. The molecular weight excluding hydrogens is 307 g/mol. The van der Waals surface area contributed by atoms with Gasteiger partial charge in [0.05, 0.1) is 22.7 Å². The Balaban J connectivity index is 1.89. The molecular formula is C16H16Cl2N2O. The van der Waals surface area contributed by atoms with E-state index in [-0.39, 0.29) is 6.04 Å². The summed E-state index contributed by atoms with van der Waals surface area (Å²) in [6, 6.07) is 11.8. The standard InChI is InChI=1S/C16H16Cl2N2O/c17-13-5-4-10(8-14(13)18)9-15(20-19)12-3-1-2-11-6-7-21-16(11)12/h1-5,8,15,20H,6-7,9,19H2. The molecule has 3 nitrogen and oxygen atoms in total. The van der Waals surface area contributed by atoms with Crippen molar-refractivity contribution in [3.63, 3.8) is 0 Å². The first-order chi connectivity index (χ1) is 10.2. The average Bonchev–Trinajstić information content (AvgIpc) is 2.97. The highest BCUT2D eigenvalue weighted by Gasteiger charge is 2.21. The molecule has 5 heteroatoms. The van der Waals surface area contributed by atoms with Crippen LogP contribution in [0.4, 0.5) is 0 Å². The van der Waals surface area contributed by atoms with Crippen molar-refractivity contribution >= 4 is 23.2 Å². The molecule has 1 heterocycles. The number of hydrogen-bond donors (Lipinski definition) is 2. The smallest absolute Gasteiger partial charge is 0.127 e. The average molecular weight is 323 g/mol. The van der Waals surface area contributed by atoms with E-state index in [1.807, 2.05) is 24.3 Å². The molecule has 0 aliphatic carbocycles. The van der Waals surface area contributed by atoms with E-state index in [4.69, 9.17) is 33.8 Å². The van der Waals surface area contributed by atoms with Crippen LogP contribution >= 0.6 is 23.2 Å². The molecule has 1 atom stereocenters. The van der Waals surface area contributed by atoms with Gasteiger partial charge in [0.1, 0.15) is 5.75 Å². The molecule has 3 N–H and O–H groups in total. The number of benzene rings is 2. The lowest BCUT2D eigenvalue weighted by Crippen LogP contribution is -2.29. The van der Waals surface area contributed by atoms with Gasteiger partial charge in [-0.3, -0.25) is 11.3 Å². The van der Waals surface area contributed by atoms with Crippen LogP contribution in [0.25, 0.3) is 0 Å². The molecule has 3 rings (SSSR count). The normalized spacial score (nSPS) is 14.6. The quantitative estimate of drug-likeness (QED) is 0.666. The third-order valence-electron chi connectivity index (χ3n) is 3.75. The van der Waals surface area contributed by atoms with Crippen molar-refractivity contribution in [1.29, 1.82) is 0 Å². The van der Waals surface area contributed by atoms with Gasteiger partial charge in [-0.1, -0.05) is 47.5 Å². The summed E-state index contributed by atoms with van der Waals surface area (Å²) in [6.45, 7) is 0.733. The maximum absolute atomic E-state index is 6.07. The van der Waals surface area contributed by atoms with E-state index in [9.17, 15) is 0 Å². The van der Waals surface area contributed by atoms with E-state index in [2.05, 4.69) is 11.5 Å². The summed E-state index contributed by atoms with van der Waals surface area (Å²) in [5, 5.41) is 1.11. The maximum atomic E-state index is 6.07. The number of ether oxygens (including phenoxy) is 1. The van der Waals surface area contributed by atoms with Gasteiger partial charge in [0.15, 0.2) is 0 Å². The minimum absolute atomic E-state index is 0.0321. The molecule has 0 spiro atoms. The summed E-state index contributed by atoms with van der Waals surface area (Å²) in [7, 11) is 0. The van der Waals surface area contributed by atoms with E-state index < -0.39 is 0 Å². The van der Waals surface area contributed by atoms with Crippen LogP contribution in [0.15, 0.2) is 36.4 Å². The zero-order chi connectivity index (χ0) is 14.8. The SMILES string of the molecule is NNC(Cc1ccc(Cl)c(Cl)c1)c1cccc2c1OCC2. The molecule has 0 amide bonds. The Morgan fingerprint density at radius 2 is 2.05 bits per heavy atom. The number of hydrogen-bond acceptors (Lipinski definition) is 3. The van der Waals surface area contributed by atoms with Crippen LogP contribution in [0.3, 0.4) is 0 Å². The summed E-state index contributed by atoms with van der Waals surface area (Å²) >= 11 is 12.0. The van der Waals surface area contributed by atoms with Crippen molar-refractivity contribution in [2.45, 2.75) is 18.9 Å². The molecule has 1 unspecified atom stereocenters. The van der Waals surface area contributed by atoms with E-state index >= 15 is 0 Å². The number of fused-ring (bicyclic) bond motifs is 1. The topological polar surface area (TPSA) is 47.3 Å². The minimum Gasteiger partial charge on any atom is -0.493 e. The van der Waals surface area contributed by atoms with Crippen molar-refractivity contribution in [2.24, 2.45) is 5.84 Å². The van der Waals surface area contributed by atoms with Crippen molar-refractivity contribution < 1.29 is 4.74 Å². The van der Waals surface area contributed by atoms with Gasteiger partial charge in [-0.05, 0) is 29.7 Å². The lowest BCUT2D eigenvalue weighted by molar-refractivity contribution is 0.348. The van der Waals surface area contributed by atoms with Crippen molar-refractivity contribution in [3.05, 3.63) is 63.1 Å². The Labute approximate surface area is 134 Å². The minimum atomic E-state index is -0.0321. The first kappa shape index (κ1) is 14.7.